The summed E-state index contributed by atoms with van der Waals surface area (Å²) in [5.41, 5.74) is 2.53. The van der Waals surface area contributed by atoms with E-state index in [1.54, 1.807) is 6.20 Å². The molecule has 0 bridgehead atoms. The average molecular weight is 254 g/mol. The van der Waals surface area contributed by atoms with Crippen molar-refractivity contribution < 1.29 is 9.90 Å². The number of carbonyl (C=O) groups is 1. The minimum Gasteiger partial charge on any atom is -0.481 e. The van der Waals surface area contributed by atoms with Gasteiger partial charge in [-0.15, -0.1) is 10.2 Å². The highest BCUT2D eigenvalue weighted by Gasteiger charge is 2.08. The number of aliphatic carboxylic acids is 1. The van der Waals surface area contributed by atoms with Gasteiger partial charge in [-0.2, -0.15) is 0 Å². The maximum absolute atomic E-state index is 10.5. The first kappa shape index (κ1) is 11.3. The van der Waals surface area contributed by atoms with Crippen molar-refractivity contribution in [3.05, 3.63) is 48.5 Å². The number of aromatic nitrogens is 4. The molecule has 0 spiro atoms. The molecule has 1 N–H and O–H groups in total. The predicted octanol–water partition coefficient (Wildman–Crippen LogP) is 1.42. The van der Waals surface area contributed by atoms with Gasteiger partial charge in [-0.3, -0.25) is 4.79 Å². The molecule has 3 aromatic heterocycles. The van der Waals surface area contributed by atoms with Crippen molar-refractivity contribution in [2.75, 3.05) is 0 Å². The summed E-state index contributed by atoms with van der Waals surface area (Å²) in [7, 11) is 0. The number of fused-ring (bicyclic) bond motifs is 1. The molecule has 0 amide bonds. The Hall–Kier alpha value is -2.76. The molecule has 0 unspecified atom stereocenters. The van der Waals surface area contributed by atoms with Crippen LogP contribution < -0.4 is 0 Å². The Labute approximate surface area is 108 Å². The third-order valence-corrected chi connectivity index (χ3v) is 2.74. The van der Waals surface area contributed by atoms with Gasteiger partial charge < -0.3 is 9.51 Å². The number of hydrogen-bond donors (Lipinski definition) is 1. The lowest BCUT2D eigenvalue weighted by Crippen LogP contribution is -2.06. The Morgan fingerprint density at radius 2 is 2.11 bits per heavy atom. The van der Waals surface area contributed by atoms with Crippen LogP contribution in [0, 0.1) is 0 Å². The van der Waals surface area contributed by atoms with Crippen LogP contribution in [0.4, 0.5) is 0 Å². The average Bonchev–Trinajstić information content (AvgIpc) is 2.83. The number of pyridine rings is 1. The van der Waals surface area contributed by atoms with Crippen molar-refractivity contribution in [2.45, 2.75) is 6.42 Å². The van der Waals surface area contributed by atoms with Gasteiger partial charge in [-0.25, -0.2) is 4.98 Å². The van der Waals surface area contributed by atoms with Crippen LogP contribution in [0.3, 0.4) is 0 Å². The Morgan fingerprint density at radius 3 is 2.84 bits per heavy atom. The van der Waals surface area contributed by atoms with Gasteiger partial charge in [-0.05, 0) is 24.3 Å². The zero-order valence-corrected chi connectivity index (χ0v) is 9.89. The first-order chi connectivity index (χ1) is 9.24. The molecule has 0 fully saturated rings. The molecule has 0 radical (unpaired) electrons. The van der Waals surface area contributed by atoms with Gasteiger partial charge in [-0.1, -0.05) is 6.07 Å². The quantitative estimate of drug-likeness (QED) is 0.764. The van der Waals surface area contributed by atoms with Crippen molar-refractivity contribution >= 4 is 11.5 Å². The predicted molar refractivity (Wildman–Crippen MR) is 67.6 cm³/mol. The molecule has 3 rings (SSSR count). The van der Waals surface area contributed by atoms with E-state index in [-0.39, 0.29) is 12.2 Å². The molecule has 94 valence electrons. The van der Waals surface area contributed by atoms with Crippen LogP contribution in [-0.4, -0.2) is 30.7 Å². The molecule has 0 saturated carbocycles. The van der Waals surface area contributed by atoms with Crippen LogP contribution in [0.2, 0.25) is 0 Å². The minimum absolute atomic E-state index is 0.206. The molecule has 0 atom stereocenters. The highest BCUT2D eigenvalue weighted by Crippen LogP contribution is 2.19. The van der Waals surface area contributed by atoms with Crippen LogP contribution in [-0.2, 0) is 11.2 Å². The molecule has 0 aliphatic carbocycles. The van der Waals surface area contributed by atoms with Crippen LogP contribution >= 0.6 is 0 Å². The second-order valence-corrected chi connectivity index (χ2v) is 4.04. The van der Waals surface area contributed by atoms with Gasteiger partial charge >= 0.3 is 5.97 Å². The summed E-state index contributed by atoms with van der Waals surface area (Å²) in [6, 6.07) is 9.78. The Kier molecular flexibility index (Phi) is 2.68. The van der Waals surface area contributed by atoms with E-state index in [9.17, 15) is 4.79 Å². The van der Waals surface area contributed by atoms with E-state index >= 15 is 0 Å². The van der Waals surface area contributed by atoms with Crippen LogP contribution in [0.5, 0.6) is 0 Å². The van der Waals surface area contributed by atoms with Crippen molar-refractivity contribution in [1.29, 1.82) is 0 Å². The molecule has 0 aromatic carbocycles. The number of nitrogens with zero attached hydrogens (tertiary/aromatic N) is 4. The van der Waals surface area contributed by atoms with Gasteiger partial charge in [0.1, 0.15) is 12.1 Å². The maximum atomic E-state index is 10.5. The molecule has 0 saturated heterocycles. The van der Waals surface area contributed by atoms with Gasteiger partial charge in [0.2, 0.25) is 0 Å². The zero-order chi connectivity index (χ0) is 13.2. The lowest BCUT2D eigenvalue weighted by atomic mass is 10.3. The highest BCUT2D eigenvalue weighted by molar-refractivity contribution is 5.69. The molecule has 0 aliphatic heterocycles. The number of hydrogen-bond acceptors (Lipinski definition) is 4. The summed E-state index contributed by atoms with van der Waals surface area (Å²) < 4.78 is 1.97. The summed E-state index contributed by atoms with van der Waals surface area (Å²) in [6.07, 6.45) is 3.25. The first-order valence-electron chi connectivity index (χ1n) is 5.71. The van der Waals surface area contributed by atoms with E-state index in [1.807, 2.05) is 40.9 Å². The third-order valence-electron chi connectivity index (χ3n) is 2.74. The van der Waals surface area contributed by atoms with Crippen molar-refractivity contribution in [3.8, 4) is 11.4 Å². The van der Waals surface area contributed by atoms with Gasteiger partial charge in [0.25, 0.3) is 0 Å². The largest absolute Gasteiger partial charge is 0.481 e. The van der Waals surface area contributed by atoms with E-state index in [0.29, 0.717) is 5.69 Å². The van der Waals surface area contributed by atoms with Crippen molar-refractivity contribution in [1.82, 2.24) is 19.6 Å². The Morgan fingerprint density at radius 1 is 1.21 bits per heavy atom. The first-order valence-corrected chi connectivity index (χ1v) is 5.71. The molecule has 0 aliphatic rings. The topological polar surface area (TPSA) is 80.4 Å². The molecular weight excluding hydrogens is 244 g/mol. The Bertz CT molecular complexity index is 734. The summed E-state index contributed by atoms with van der Waals surface area (Å²) in [4.78, 5) is 14.6. The van der Waals surface area contributed by atoms with Crippen LogP contribution in [0.15, 0.2) is 42.7 Å². The summed E-state index contributed by atoms with van der Waals surface area (Å²) in [6.45, 7) is 0. The van der Waals surface area contributed by atoms with Crippen LogP contribution in [0.25, 0.3) is 16.9 Å². The number of rotatable bonds is 3. The monoisotopic (exact) mass is 254 g/mol. The van der Waals surface area contributed by atoms with E-state index in [0.717, 1.165) is 11.2 Å². The fraction of sp³-hybridized carbons (Fsp3) is 0.0769. The normalized spacial score (nSPS) is 10.7. The standard InChI is InChI=1S/C13H10N4O2/c18-13(19)7-12-14-8-10(15-16-12)11-5-4-9-3-1-2-6-17(9)11/h1-6,8H,7H2,(H,18,19). The van der Waals surface area contributed by atoms with E-state index in [1.165, 1.54) is 0 Å². The summed E-state index contributed by atoms with van der Waals surface area (Å²) >= 11 is 0. The Balaban J connectivity index is 2.00. The summed E-state index contributed by atoms with van der Waals surface area (Å²) in [5.74, 6) is -0.764. The SMILES string of the molecule is O=C(O)Cc1ncc(-c2ccc3ccccn23)nn1. The molecular formula is C13H10N4O2. The summed E-state index contributed by atoms with van der Waals surface area (Å²) in [5, 5.41) is 16.5. The second-order valence-electron chi connectivity index (χ2n) is 4.04. The lowest BCUT2D eigenvalue weighted by molar-refractivity contribution is -0.136. The van der Waals surface area contributed by atoms with E-state index in [2.05, 4.69) is 15.2 Å². The smallest absolute Gasteiger partial charge is 0.311 e. The maximum Gasteiger partial charge on any atom is 0.311 e. The van der Waals surface area contributed by atoms with Crippen molar-refractivity contribution in [2.24, 2.45) is 0 Å². The number of carboxylic acid groups (broad SMARTS) is 1. The minimum atomic E-state index is -0.970. The number of carboxylic acids is 1. The molecule has 6 nitrogen and oxygen atoms in total. The highest BCUT2D eigenvalue weighted by atomic mass is 16.4. The van der Waals surface area contributed by atoms with Crippen LogP contribution in [0.1, 0.15) is 5.82 Å². The zero-order valence-electron chi connectivity index (χ0n) is 9.89. The fourth-order valence-corrected chi connectivity index (χ4v) is 1.90. The van der Waals surface area contributed by atoms with Gasteiger partial charge in [0.05, 0.1) is 11.9 Å². The fourth-order valence-electron chi connectivity index (χ4n) is 1.90. The lowest BCUT2D eigenvalue weighted by Gasteiger charge is -2.01. The molecule has 19 heavy (non-hydrogen) atoms. The van der Waals surface area contributed by atoms with E-state index in [4.69, 9.17) is 5.11 Å². The second kappa shape index (κ2) is 4.49. The third kappa shape index (κ3) is 2.15. The molecule has 3 heterocycles. The van der Waals surface area contributed by atoms with Crippen molar-refractivity contribution in [3.63, 3.8) is 0 Å². The van der Waals surface area contributed by atoms with Gasteiger partial charge in [0, 0.05) is 11.7 Å². The molecule has 3 aromatic rings. The van der Waals surface area contributed by atoms with Gasteiger partial charge in [0.15, 0.2) is 5.82 Å². The van der Waals surface area contributed by atoms with E-state index < -0.39 is 5.97 Å². The molecule has 6 heteroatoms.